The second kappa shape index (κ2) is 5.58. The van der Waals surface area contributed by atoms with Gasteiger partial charge in [0, 0.05) is 12.6 Å². The molecule has 0 aliphatic heterocycles. The number of aromatic amines is 1. The first-order valence-corrected chi connectivity index (χ1v) is 6.18. The SMILES string of the molecule is CC(C)C(CN(C)C)Nc1n[nH]c(=S)s1. The lowest BCUT2D eigenvalue weighted by Gasteiger charge is -2.25. The summed E-state index contributed by atoms with van der Waals surface area (Å²) in [5.41, 5.74) is 0. The Balaban J connectivity index is 2.62. The van der Waals surface area contributed by atoms with E-state index in [0.717, 1.165) is 11.7 Å². The summed E-state index contributed by atoms with van der Waals surface area (Å²) in [5, 5.41) is 11.2. The molecule has 0 saturated heterocycles. The lowest BCUT2D eigenvalue weighted by molar-refractivity contribution is 0.344. The van der Waals surface area contributed by atoms with Crippen molar-refractivity contribution in [3.63, 3.8) is 0 Å². The minimum absolute atomic E-state index is 0.397. The van der Waals surface area contributed by atoms with E-state index in [1.807, 2.05) is 0 Å². The van der Waals surface area contributed by atoms with Gasteiger partial charge in [-0.15, -0.1) is 5.10 Å². The third kappa shape index (κ3) is 4.27. The maximum Gasteiger partial charge on any atom is 0.204 e. The fourth-order valence-electron chi connectivity index (χ4n) is 1.27. The van der Waals surface area contributed by atoms with E-state index in [2.05, 4.69) is 48.4 Å². The average molecular weight is 246 g/mol. The highest BCUT2D eigenvalue weighted by Gasteiger charge is 2.15. The summed E-state index contributed by atoms with van der Waals surface area (Å²) in [6.45, 7) is 5.39. The molecule has 1 rings (SSSR count). The Morgan fingerprint density at radius 2 is 2.20 bits per heavy atom. The van der Waals surface area contributed by atoms with E-state index in [1.54, 1.807) is 0 Å². The number of hydrogen-bond acceptors (Lipinski definition) is 5. The van der Waals surface area contributed by atoms with Gasteiger partial charge in [0.05, 0.1) is 0 Å². The number of aromatic nitrogens is 2. The maximum absolute atomic E-state index is 4.99. The van der Waals surface area contributed by atoms with Crippen LogP contribution in [0.2, 0.25) is 0 Å². The molecule has 0 spiro atoms. The van der Waals surface area contributed by atoms with Crippen LogP contribution in [0, 0.1) is 9.87 Å². The van der Waals surface area contributed by atoms with Crippen LogP contribution in [-0.4, -0.2) is 41.8 Å². The topological polar surface area (TPSA) is 44.0 Å². The third-order valence-corrected chi connectivity index (χ3v) is 3.13. The molecule has 1 atom stereocenters. The molecule has 0 radical (unpaired) electrons. The summed E-state index contributed by atoms with van der Waals surface area (Å²) in [4.78, 5) is 2.17. The largest absolute Gasteiger partial charge is 0.356 e. The van der Waals surface area contributed by atoms with Crippen molar-refractivity contribution in [2.24, 2.45) is 5.92 Å². The molecule has 2 N–H and O–H groups in total. The van der Waals surface area contributed by atoms with Crippen molar-refractivity contribution in [1.82, 2.24) is 15.1 Å². The zero-order valence-corrected chi connectivity index (χ0v) is 11.2. The van der Waals surface area contributed by atoms with Crippen molar-refractivity contribution in [2.75, 3.05) is 26.0 Å². The van der Waals surface area contributed by atoms with Crippen LogP contribution in [-0.2, 0) is 0 Å². The van der Waals surface area contributed by atoms with Crippen LogP contribution in [0.15, 0.2) is 0 Å². The van der Waals surface area contributed by atoms with Gasteiger partial charge in [0.1, 0.15) is 0 Å². The Bertz CT molecular complexity index is 342. The first-order chi connectivity index (χ1) is 6.99. The predicted octanol–water partition coefficient (Wildman–Crippen LogP) is 2.20. The van der Waals surface area contributed by atoms with E-state index in [9.17, 15) is 0 Å². The molecule has 86 valence electrons. The number of hydrogen-bond donors (Lipinski definition) is 2. The molecule has 4 nitrogen and oxygen atoms in total. The van der Waals surface area contributed by atoms with Gasteiger partial charge in [0.25, 0.3) is 0 Å². The summed E-state index contributed by atoms with van der Waals surface area (Å²) in [7, 11) is 4.15. The Labute approximate surface area is 99.7 Å². The van der Waals surface area contributed by atoms with E-state index >= 15 is 0 Å². The molecule has 0 fully saturated rings. The molecule has 6 heteroatoms. The van der Waals surface area contributed by atoms with Gasteiger partial charge < -0.3 is 10.2 Å². The Kier molecular flexibility index (Phi) is 4.69. The van der Waals surface area contributed by atoms with E-state index in [-0.39, 0.29) is 0 Å². The number of likely N-dealkylation sites (N-methyl/N-ethyl adjacent to an activating group) is 1. The lowest BCUT2D eigenvalue weighted by atomic mass is 10.0. The molecular weight excluding hydrogens is 228 g/mol. The van der Waals surface area contributed by atoms with Gasteiger partial charge in [-0.2, -0.15) is 0 Å². The van der Waals surface area contributed by atoms with Gasteiger partial charge in [-0.25, -0.2) is 0 Å². The predicted molar refractivity (Wildman–Crippen MR) is 68.1 cm³/mol. The first kappa shape index (κ1) is 12.6. The molecule has 0 bridgehead atoms. The third-order valence-electron chi connectivity index (χ3n) is 2.11. The molecule has 1 unspecified atom stereocenters. The number of nitrogens with one attached hydrogen (secondary N) is 2. The summed E-state index contributed by atoms with van der Waals surface area (Å²) in [5.74, 6) is 0.560. The molecular formula is C9H18N4S2. The summed E-state index contributed by atoms with van der Waals surface area (Å²) >= 11 is 6.47. The minimum atomic E-state index is 0.397. The maximum atomic E-state index is 4.99. The highest BCUT2D eigenvalue weighted by molar-refractivity contribution is 7.73. The van der Waals surface area contributed by atoms with Gasteiger partial charge in [0.15, 0.2) is 3.95 Å². The van der Waals surface area contributed by atoms with Crippen molar-refractivity contribution in [3.05, 3.63) is 3.95 Å². The van der Waals surface area contributed by atoms with Crippen molar-refractivity contribution < 1.29 is 0 Å². The molecule has 1 aromatic heterocycles. The Morgan fingerprint density at radius 1 is 1.53 bits per heavy atom. The first-order valence-electron chi connectivity index (χ1n) is 4.96. The van der Waals surface area contributed by atoms with E-state index in [0.29, 0.717) is 15.9 Å². The minimum Gasteiger partial charge on any atom is -0.356 e. The molecule has 0 saturated carbocycles. The normalized spacial score (nSPS) is 13.5. The summed E-state index contributed by atoms with van der Waals surface area (Å²) in [6.07, 6.45) is 0. The number of rotatable bonds is 5. The second-order valence-corrected chi connectivity index (χ2v) is 5.84. The van der Waals surface area contributed by atoms with Crippen LogP contribution in [0.4, 0.5) is 5.13 Å². The molecule has 1 aromatic rings. The standard InChI is InChI=1S/C9H18N4S2/c1-6(2)7(5-13(3)4)10-8-11-12-9(14)15-8/h6-7H,5H2,1-4H3,(H,10,11)(H,12,14). The van der Waals surface area contributed by atoms with E-state index in [4.69, 9.17) is 12.2 Å². The molecule has 0 aromatic carbocycles. The van der Waals surface area contributed by atoms with Crippen LogP contribution in [0.3, 0.4) is 0 Å². The highest BCUT2D eigenvalue weighted by atomic mass is 32.1. The van der Waals surface area contributed by atoms with Crippen molar-refractivity contribution in [2.45, 2.75) is 19.9 Å². The van der Waals surface area contributed by atoms with Crippen LogP contribution in [0.25, 0.3) is 0 Å². The highest BCUT2D eigenvalue weighted by Crippen LogP contribution is 2.15. The van der Waals surface area contributed by atoms with Crippen molar-refractivity contribution >= 4 is 28.7 Å². The Morgan fingerprint density at radius 3 is 2.60 bits per heavy atom. The lowest BCUT2D eigenvalue weighted by Crippen LogP contribution is -2.36. The van der Waals surface area contributed by atoms with Gasteiger partial charge in [-0.3, -0.25) is 5.10 Å². The van der Waals surface area contributed by atoms with E-state index < -0.39 is 0 Å². The van der Waals surface area contributed by atoms with Crippen LogP contribution >= 0.6 is 23.6 Å². The molecule has 0 aliphatic rings. The fourth-order valence-corrected chi connectivity index (χ4v) is 2.12. The fraction of sp³-hybridized carbons (Fsp3) is 0.778. The molecule has 1 heterocycles. The van der Waals surface area contributed by atoms with Gasteiger partial charge in [-0.05, 0) is 32.2 Å². The van der Waals surface area contributed by atoms with Gasteiger partial charge in [0.2, 0.25) is 5.13 Å². The molecule has 15 heavy (non-hydrogen) atoms. The summed E-state index contributed by atoms with van der Waals surface area (Å²) in [6, 6.07) is 0.397. The number of H-pyrrole nitrogens is 1. The smallest absolute Gasteiger partial charge is 0.204 e. The van der Waals surface area contributed by atoms with Crippen LogP contribution < -0.4 is 5.32 Å². The van der Waals surface area contributed by atoms with Crippen molar-refractivity contribution in [3.8, 4) is 0 Å². The second-order valence-electron chi connectivity index (χ2n) is 4.18. The van der Waals surface area contributed by atoms with E-state index in [1.165, 1.54) is 11.3 Å². The number of nitrogens with zero attached hydrogens (tertiary/aromatic N) is 2. The molecule has 0 aliphatic carbocycles. The van der Waals surface area contributed by atoms with Crippen LogP contribution in [0.1, 0.15) is 13.8 Å². The quantitative estimate of drug-likeness (QED) is 0.782. The zero-order valence-electron chi connectivity index (χ0n) is 9.57. The zero-order chi connectivity index (χ0) is 11.4. The average Bonchev–Trinajstić information content (AvgIpc) is 2.49. The Hall–Kier alpha value is -0.460. The van der Waals surface area contributed by atoms with Gasteiger partial charge in [-0.1, -0.05) is 25.2 Å². The van der Waals surface area contributed by atoms with Gasteiger partial charge >= 0.3 is 0 Å². The molecule has 0 amide bonds. The monoisotopic (exact) mass is 246 g/mol. The number of anilines is 1. The summed E-state index contributed by atoms with van der Waals surface area (Å²) < 4.78 is 0.713. The van der Waals surface area contributed by atoms with Crippen molar-refractivity contribution in [1.29, 1.82) is 0 Å². The van der Waals surface area contributed by atoms with Crippen LogP contribution in [0.5, 0.6) is 0 Å².